The predicted molar refractivity (Wildman–Crippen MR) is 68.8 cm³/mol. The van der Waals surface area contributed by atoms with Gasteiger partial charge in [-0.15, -0.1) is 11.3 Å². The number of carbonyl (C=O) groups excluding carboxylic acids is 1. The molecule has 1 nitrogen and oxygen atoms in total. The van der Waals surface area contributed by atoms with E-state index in [0.717, 1.165) is 10.9 Å². The third kappa shape index (κ3) is 2.86. The second-order valence-electron chi connectivity index (χ2n) is 3.43. The highest BCUT2D eigenvalue weighted by Crippen LogP contribution is 2.26. The SMILES string of the molecule is O=C(Cc1cccs1)c1cc(Cl)cc(F)c1Cl. The van der Waals surface area contributed by atoms with Crippen molar-refractivity contribution < 1.29 is 9.18 Å². The molecule has 2 aromatic rings. The lowest BCUT2D eigenvalue weighted by molar-refractivity contribution is 0.0993. The van der Waals surface area contributed by atoms with E-state index in [4.69, 9.17) is 23.2 Å². The summed E-state index contributed by atoms with van der Waals surface area (Å²) in [6, 6.07) is 6.18. The number of thiophene rings is 1. The first-order valence-electron chi connectivity index (χ1n) is 4.78. The first-order chi connectivity index (χ1) is 8.08. The molecule has 0 fully saturated rings. The minimum atomic E-state index is -0.673. The molecule has 0 radical (unpaired) electrons. The average Bonchev–Trinajstić information content (AvgIpc) is 2.76. The van der Waals surface area contributed by atoms with Gasteiger partial charge in [0.25, 0.3) is 0 Å². The van der Waals surface area contributed by atoms with Crippen LogP contribution in [-0.4, -0.2) is 5.78 Å². The molecule has 0 N–H and O–H groups in total. The second-order valence-corrected chi connectivity index (χ2v) is 5.28. The molecule has 17 heavy (non-hydrogen) atoms. The normalized spacial score (nSPS) is 10.5. The van der Waals surface area contributed by atoms with Crippen molar-refractivity contribution in [3.8, 4) is 0 Å². The van der Waals surface area contributed by atoms with E-state index in [1.54, 1.807) is 0 Å². The number of hydrogen-bond donors (Lipinski definition) is 0. The minimum absolute atomic E-state index is 0.130. The molecule has 1 aromatic carbocycles. The van der Waals surface area contributed by atoms with Gasteiger partial charge in [-0.25, -0.2) is 4.39 Å². The molecular formula is C12H7Cl2FOS. The van der Waals surface area contributed by atoms with E-state index in [-0.39, 0.29) is 27.8 Å². The van der Waals surface area contributed by atoms with Gasteiger partial charge < -0.3 is 0 Å². The summed E-state index contributed by atoms with van der Waals surface area (Å²) < 4.78 is 13.3. The molecule has 0 aliphatic heterocycles. The standard InChI is InChI=1S/C12H7Cl2FOS/c13-7-4-9(12(14)10(15)5-7)11(16)6-8-2-1-3-17-8/h1-5H,6H2. The van der Waals surface area contributed by atoms with Crippen molar-refractivity contribution >= 4 is 40.3 Å². The quantitative estimate of drug-likeness (QED) is 0.595. The molecule has 0 aliphatic rings. The summed E-state index contributed by atoms with van der Waals surface area (Å²) >= 11 is 12.9. The van der Waals surface area contributed by atoms with Gasteiger partial charge >= 0.3 is 0 Å². The van der Waals surface area contributed by atoms with Crippen molar-refractivity contribution in [2.75, 3.05) is 0 Å². The lowest BCUT2D eigenvalue weighted by Crippen LogP contribution is -2.04. The summed E-state index contributed by atoms with van der Waals surface area (Å²) in [7, 11) is 0. The number of hydrogen-bond acceptors (Lipinski definition) is 2. The Bertz CT molecular complexity index is 552. The predicted octanol–water partition coefficient (Wildman–Crippen LogP) is 4.62. The Morgan fingerprint density at radius 1 is 1.35 bits per heavy atom. The summed E-state index contributed by atoms with van der Waals surface area (Å²) in [6.07, 6.45) is 0.206. The number of carbonyl (C=O) groups is 1. The largest absolute Gasteiger partial charge is 0.294 e. The van der Waals surface area contributed by atoms with E-state index >= 15 is 0 Å². The van der Waals surface area contributed by atoms with Gasteiger partial charge in [-0.3, -0.25) is 4.79 Å². The average molecular weight is 289 g/mol. The molecule has 0 bridgehead atoms. The zero-order chi connectivity index (χ0) is 12.4. The fourth-order valence-corrected chi connectivity index (χ4v) is 2.55. The van der Waals surface area contributed by atoms with Crippen LogP contribution in [0.25, 0.3) is 0 Å². The molecular weight excluding hydrogens is 282 g/mol. The van der Waals surface area contributed by atoms with Gasteiger partial charge in [0.05, 0.1) is 5.02 Å². The first-order valence-corrected chi connectivity index (χ1v) is 6.41. The fourth-order valence-electron chi connectivity index (χ4n) is 1.43. The van der Waals surface area contributed by atoms with Crippen LogP contribution < -0.4 is 0 Å². The van der Waals surface area contributed by atoms with E-state index in [0.29, 0.717) is 0 Å². The summed E-state index contributed by atoms with van der Waals surface area (Å²) in [5.41, 5.74) is 0.130. The van der Waals surface area contributed by atoms with Crippen LogP contribution in [0.1, 0.15) is 15.2 Å². The van der Waals surface area contributed by atoms with Crippen molar-refractivity contribution in [3.63, 3.8) is 0 Å². The molecule has 0 unspecified atom stereocenters. The number of halogens is 3. The zero-order valence-electron chi connectivity index (χ0n) is 8.54. The number of rotatable bonds is 3. The summed E-state index contributed by atoms with van der Waals surface area (Å²) in [4.78, 5) is 12.8. The van der Waals surface area contributed by atoms with Crippen molar-refractivity contribution in [2.24, 2.45) is 0 Å². The van der Waals surface area contributed by atoms with E-state index in [9.17, 15) is 9.18 Å². The van der Waals surface area contributed by atoms with E-state index < -0.39 is 5.82 Å². The summed E-state index contributed by atoms with van der Waals surface area (Å²) in [6.45, 7) is 0. The molecule has 88 valence electrons. The Morgan fingerprint density at radius 3 is 2.76 bits per heavy atom. The van der Waals surface area contributed by atoms with Gasteiger partial charge in [0, 0.05) is 21.9 Å². The monoisotopic (exact) mass is 288 g/mol. The third-order valence-corrected chi connectivity index (χ3v) is 3.69. The van der Waals surface area contributed by atoms with Gasteiger partial charge in [0.1, 0.15) is 5.82 Å². The Morgan fingerprint density at radius 2 is 2.12 bits per heavy atom. The number of Topliss-reactive ketones (excluding diaryl/α,β-unsaturated/α-hetero) is 1. The van der Waals surface area contributed by atoms with Crippen LogP contribution in [0.15, 0.2) is 29.6 Å². The molecule has 0 saturated carbocycles. The van der Waals surface area contributed by atoms with E-state index in [2.05, 4.69) is 0 Å². The molecule has 0 spiro atoms. The van der Waals surface area contributed by atoms with Gasteiger partial charge in [-0.05, 0) is 23.6 Å². The number of benzene rings is 1. The maximum Gasteiger partial charge on any atom is 0.169 e. The zero-order valence-corrected chi connectivity index (χ0v) is 10.9. The number of ketones is 1. The minimum Gasteiger partial charge on any atom is -0.294 e. The highest BCUT2D eigenvalue weighted by molar-refractivity contribution is 7.10. The maximum atomic E-state index is 13.3. The highest BCUT2D eigenvalue weighted by Gasteiger charge is 2.16. The van der Waals surface area contributed by atoms with Crippen molar-refractivity contribution in [3.05, 3.63) is 55.9 Å². The van der Waals surface area contributed by atoms with Crippen molar-refractivity contribution in [1.29, 1.82) is 0 Å². The molecule has 1 aromatic heterocycles. The van der Waals surface area contributed by atoms with Crippen LogP contribution in [0.2, 0.25) is 10.0 Å². The maximum absolute atomic E-state index is 13.3. The van der Waals surface area contributed by atoms with Crippen molar-refractivity contribution in [2.45, 2.75) is 6.42 Å². The molecule has 0 amide bonds. The van der Waals surface area contributed by atoms with Gasteiger partial charge in [-0.2, -0.15) is 0 Å². The van der Waals surface area contributed by atoms with Crippen molar-refractivity contribution in [1.82, 2.24) is 0 Å². The summed E-state index contributed by atoms with van der Waals surface area (Å²) in [5, 5.41) is 1.88. The van der Waals surface area contributed by atoms with E-state index in [1.165, 1.54) is 17.4 Å². The first kappa shape index (κ1) is 12.6. The Hall–Kier alpha value is -0.900. The van der Waals surface area contributed by atoms with Gasteiger partial charge in [0.15, 0.2) is 5.78 Å². The fraction of sp³-hybridized carbons (Fsp3) is 0.0833. The van der Waals surface area contributed by atoms with Crippen LogP contribution in [0.3, 0.4) is 0 Å². The highest BCUT2D eigenvalue weighted by atomic mass is 35.5. The van der Waals surface area contributed by atoms with Crippen LogP contribution in [0.4, 0.5) is 4.39 Å². The smallest absolute Gasteiger partial charge is 0.169 e. The van der Waals surface area contributed by atoms with Crippen LogP contribution >= 0.6 is 34.5 Å². The second kappa shape index (κ2) is 5.17. The lowest BCUT2D eigenvalue weighted by atomic mass is 10.1. The van der Waals surface area contributed by atoms with Gasteiger partial charge in [0.2, 0.25) is 0 Å². The van der Waals surface area contributed by atoms with E-state index in [1.807, 2.05) is 17.5 Å². The summed E-state index contributed by atoms with van der Waals surface area (Å²) in [5.74, 6) is -0.910. The molecule has 5 heteroatoms. The van der Waals surface area contributed by atoms with Crippen LogP contribution in [-0.2, 0) is 6.42 Å². The Kier molecular flexibility index (Phi) is 3.82. The Balaban J connectivity index is 2.31. The molecule has 1 heterocycles. The molecule has 0 saturated heterocycles. The van der Waals surface area contributed by atoms with Crippen LogP contribution in [0, 0.1) is 5.82 Å². The molecule has 2 rings (SSSR count). The van der Waals surface area contributed by atoms with Crippen LogP contribution in [0.5, 0.6) is 0 Å². The Labute approximate surface area is 112 Å². The third-order valence-electron chi connectivity index (χ3n) is 2.21. The van der Waals surface area contributed by atoms with Gasteiger partial charge in [-0.1, -0.05) is 29.3 Å². The topological polar surface area (TPSA) is 17.1 Å². The molecule has 0 atom stereocenters. The molecule has 0 aliphatic carbocycles. The lowest BCUT2D eigenvalue weighted by Gasteiger charge is -2.04.